The van der Waals surface area contributed by atoms with Crippen LogP contribution in [0.3, 0.4) is 0 Å². The lowest BCUT2D eigenvalue weighted by molar-refractivity contribution is 0.00208. The Morgan fingerprint density at radius 2 is 1.86 bits per heavy atom. The Morgan fingerprint density at radius 1 is 1.29 bits per heavy atom. The highest BCUT2D eigenvalue weighted by molar-refractivity contribution is 4.65. The molecule has 0 aromatic rings. The normalized spacial score (nSPS) is 16.3. The molecule has 4 heteroatoms. The average molecular weight is 204 g/mol. The van der Waals surface area contributed by atoms with E-state index in [2.05, 4.69) is 38.0 Å². The van der Waals surface area contributed by atoms with Crippen LogP contribution in [0.2, 0.25) is 0 Å². The third kappa shape index (κ3) is 4.91. The van der Waals surface area contributed by atoms with E-state index in [4.69, 9.17) is 9.47 Å². The molecule has 0 aliphatic carbocycles. The molecule has 0 saturated heterocycles. The van der Waals surface area contributed by atoms with Crippen LogP contribution < -0.4 is 5.01 Å². The summed E-state index contributed by atoms with van der Waals surface area (Å²) in [5.74, 6) is 0. The molecule has 0 aliphatic rings. The van der Waals surface area contributed by atoms with Crippen molar-refractivity contribution in [3.8, 4) is 0 Å². The van der Waals surface area contributed by atoms with E-state index in [1.54, 1.807) is 14.2 Å². The summed E-state index contributed by atoms with van der Waals surface area (Å²) < 4.78 is 10.3. The van der Waals surface area contributed by atoms with E-state index in [1.165, 1.54) is 0 Å². The number of ether oxygens (including phenoxy) is 2. The highest BCUT2D eigenvalue weighted by Crippen LogP contribution is 1.99. The molecule has 0 bridgehead atoms. The zero-order valence-corrected chi connectivity index (χ0v) is 10.3. The van der Waals surface area contributed by atoms with Crippen molar-refractivity contribution in [2.24, 2.45) is 0 Å². The van der Waals surface area contributed by atoms with Gasteiger partial charge in [0.15, 0.2) is 6.54 Å². The number of hydrazine groups is 1. The minimum Gasteiger partial charge on any atom is -0.383 e. The lowest BCUT2D eigenvalue weighted by Gasteiger charge is -2.24. The Bertz CT molecular complexity index is 144. The fourth-order valence-electron chi connectivity index (χ4n) is 1.26. The van der Waals surface area contributed by atoms with Crippen LogP contribution in [-0.2, 0) is 9.47 Å². The summed E-state index contributed by atoms with van der Waals surface area (Å²) in [7, 11) is 7.58. The van der Waals surface area contributed by atoms with E-state index in [1.807, 2.05) is 0 Å². The Labute approximate surface area is 87.7 Å². The summed E-state index contributed by atoms with van der Waals surface area (Å²) in [6.07, 6.45) is 0.247. The number of rotatable bonds is 7. The number of likely N-dealkylation sites (N-methyl/N-ethyl adjacent to an activating group) is 2. The van der Waals surface area contributed by atoms with Gasteiger partial charge in [-0.3, -0.25) is 0 Å². The first-order valence-electron chi connectivity index (χ1n) is 4.98. The van der Waals surface area contributed by atoms with Gasteiger partial charge in [-0.15, -0.1) is 5.01 Å². The van der Waals surface area contributed by atoms with Gasteiger partial charge in [0.25, 0.3) is 0 Å². The van der Waals surface area contributed by atoms with Crippen LogP contribution in [-0.4, -0.2) is 58.6 Å². The third-order valence-corrected chi connectivity index (χ3v) is 2.51. The topological polar surface area (TPSA) is 27.6 Å². The van der Waals surface area contributed by atoms with Crippen molar-refractivity contribution in [3.63, 3.8) is 0 Å². The predicted octanol–water partition coefficient (Wildman–Crippen LogP) is 0.673. The van der Waals surface area contributed by atoms with Crippen molar-refractivity contribution < 1.29 is 9.47 Å². The molecule has 2 unspecified atom stereocenters. The lowest BCUT2D eigenvalue weighted by Crippen LogP contribution is -2.51. The van der Waals surface area contributed by atoms with Gasteiger partial charge in [0.1, 0.15) is 13.2 Å². The van der Waals surface area contributed by atoms with Crippen LogP contribution in [0.1, 0.15) is 13.8 Å². The van der Waals surface area contributed by atoms with Crippen molar-refractivity contribution in [2.75, 3.05) is 41.5 Å². The number of methoxy groups -OCH3 is 2. The molecule has 0 spiro atoms. The zero-order chi connectivity index (χ0) is 11.1. The molecule has 4 nitrogen and oxygen atoms in total. The minimum absolute atomic E-state index is 0.247. The summed E-state index contributed by atoms with van der Waals surface area (Å²) in [6.45, 7) is 5.83. The minimum atomic E-state index is 0.247. The Balaban J connectivity index is 3.90. The van der Waals surface area contributed by atoms with Gasteiger partial charge in [-0.25, -0.2) is 0 Å². The monoisotopic (exact) mass is 204 g/mol. The van der Waals surface area contributed by atoms with Gasteiger partial charge in [0.2, 0.25) is 0 Å². The number of hydrogen-bond acceptors (Lipinski definition) is 4. The Hall–Kier alpha value is -0.160. The second-order valence-electron chi connectivity index (χ2n) is 3.76. The van der Waals surface area contributed by atoms with Crippen LogP contribution in [0.5, 0.6) is 0 Å². The SMILES string of the molecule is COCC(C)N(C)[N+](C)CC(C)OC. The Morgan fingerprint density at radius 3 is 2.29 bits per heavy atom. The first-order chi connectivity index (χ1) is 6.52. The number of nitrogens with zero attached hydrogens (tertiary/aromatic N) is 2. The summed E-state index contributed by atoms with van der Waals surface area (Å²) in [6, 6.07) is 0.383. The van der Waals surface area contributed by atoms with E-state index in [-0.39, 0.29) is 6.10 Å². The maximum absolute atomic E-state index is 5.21. The standard InChI is InChI=1S/C10H24N2O2/c1-9(8-13-5)12(4)11(3)7-10(2)14-6/h9-10H,7-8H2,1-6H3/q+1. The molecule has 85 valence electrons. The average Bonchev–Trinajstić information content (AvgIpc) is 2.16. The van der Waals surface area contributed by atoms with Crippen molar-refractivity contribution >= 4 is 0 Å². The van der Waals surface area contributed by atoms with E-state index in [0.717, 1.165) is 13.2 Å². The van der Waals surface area contributed by atoms with Gasteiger partial charge in [-0.05, 0) is 13.8 Å². The second-order valence-corrected chi connectivity index (χ2v) is 3.76. The van der Waals surface area contributed by atoms with Gasteiger partial charge < -0.3 is 9.47 Å². The summed E-state index contributed by atoms with van der Waals surface area (Å²) >= 11 is 0. The van der Waals surface area contributed by atoms with Gasteiger partial charge in [-0.1, -0.05) is 5.01 Å². The second kappa shape index (κ2) is 7.17. The fourth-order valence-corrected chi connectivity index (χ4v) is 1.26. The van der Waals surface area contributed by atoms with E-state index >= 15 is 0 Å². The van der Waals surface area contributed by atoms with E-state index in [9.17, 15) is 0 Å². The molecule has 0 amide bonds. The van der Waals surface area contributed by atoms with Gasteiger partial charge in [0.05, 0.1) is 12.6 Å². The highest BCUT2D eigenvalue weighted by Gasteiger charge is 2.24. The molecular weight excluding hydrogens is 180 g/mol. The first kappa shape index (κ1) is 13.8. The molecule has 14 heavy (non-hydrogen) atoms. The highest BCUT2D eigenvalue weighted by atomic mass is 16.5. The van der Waals surface area contributed by atoms with Crippen LogP contribution in [0.25, 0.3) is 0 Å². The van der Waals surface area contributed by atoms with Crippen LogP contribution in [0, 0.1) is 0 Å². The quantitative estimate of drug-likeness (QED) is 0.451. The zero-order valence-electron chi connectivity index (χ0n) is 10.3. The molecule has 0 rings (SSSR count). The number of hydrogen-bond donors (Lipinski definition) is 0. The molecule has 0 heterocycles. The van der Waals surface area contributed by atoms with E-state index in [0.29, 0.717) is 6.04 Å². The third-order valence-electron chi connectivity index (χ3n) is 2.51. The van der Waals surface area contributed by atoms with Crippen molar-refractivity contribution in [3.05, 3.63) is 0 Å². The molecule has 0 aromatic carbocycles. The van der Waals surface area contributed by atoms with Crippen LogP contribution in [0.4, 0.5) is 0 Å². The van der Waals surface area contributed by atoms with Crippen LogP contribution >= 0.6 is 0 Å². The van der Waals surface area contributed by atoms with Crippen LogP contribution in [0.15, 0.2) is 0 Å². The molecular formula is C10H24N2O2+. The molecule has 0 saturated carbocycles. The van der Waals surface area contributed by atoms with E-state index < -0.39 is 0 Å². The Kier molecular flexibility index (Phi) is 7.09. The largest absolute Gasteiger partial charge is 0.383 e. The van der Waals surface area contributed by atoms with Gasteiger partial charge in [-0.2, -0.15) is 0 Å². The lowest BCUT2D eigenvalue weighted by atomic mass is 10.3. The predicted molar refractivity (Wildman–Crippen MR) is 58.5 cm³/mol. The first-order valence-corrected chi connectivity index (χ1v) is 4.98. The molecule has 0 N–H and O–H groups in total. The van der Waals surface area contributed by atoms with Crippen molar-refractivity contribution in [1.29, 1.82) is 0 Å². The maximum atomic E-state index is 5.21. The summed E-state index contributed by atoms with van der Waals surface area (Å²) in [5.41, 5.74) is 0. The van der Waals surface area contributed by atoms with Crippen molar-refractivity contribution in [2.45, 2.75) is 26.0 Å². The molecule has 2 atom stereocenters. The smallest absolute Gasteiger partial charge is 0.170 e. The molecule has 0 aliphatic heterocycles. The summed E-state index contributed by atoms with van der Waals surface area (Å²) in [5, 5.41) is 4.32. The van der Waals surface area contributed by atoms with Gasteiger partial charge >= 0.3 is 0 Å². The van der Waals surface area contributed by atoms with Gasteiger partial charge in [0, 0.05) is 21.3 Å². The fraction of sp³-hybridized carbons (Fsp3) is 1.00. The molecule has 0 fully saturated rings. The molecule has 0 aromatic heterocycles. The van der Waals surface area contributed by atoms with Crippen molar-refractivity contribution in [1.82, 2.24) is 10.0 Å². The summed E-state index contributed by atoms with van der Waals surface area (Å²) in [4.78, 5) is 0. The maximum Gasteiger partial charge on any atom is 0.170 e. The molecule has 1 radical (unpaired) electrons.